The molecule has 16 rings (SSSR count). The van der Waals surface area contributed by atoms with Crippen LogP contribution < -0.4 is 0 Å². The fourth-order valence-corrected chi connectivity index (χ4v) is 19.4. The van der Waals surface area contributed by atoms with Crippen LogP contribution in [0.4, 0.5) is 0 Å². The molecule has 4 fully saturated rings. The van der Waals surface area contributed by atoms with Gasteiger partial charge in [0.1, 0.15) is 5.78 Å². The summed E-state index contributed by atoms with van der Waals surface area (Å²) in [5, 5.41) is 10.6. The summed E-state index contributed by atoms with van der Waals surface area (Å²) < 4.78 is 12.4. The van der Waals surface area contributed by atoms with Crippen LogP contribution in [0.5, 0.6) is 0 Å². The van der Waals surface area contributed by atoms with Crippen LogP contribution in [0.3, 0.4) is 0 Å². The first kappa shape index (κ1) is 73.1. The van der Waals surface area contributed by atoms with Gasteiger partial charge < -0.3 is 29.3 Å². The Morgan fingerprint density at radius 1 is 0.457 bits per heavy atom. The fraction of sp³-hybridized carbons (Fsp3) is 0.402. The molecule has 0 unspecified atom stereocenters. The number of aliphatic hydroxyl groups is 1. The number of benzene rings is 6. The van der Waals surface area contributed by atoms with Crippen molar-refractivity contribution in [2.24, 2.45) is 17.8 Å². The van der Waals surface area contributed by atoms with E-state index in [9.17, 15) is 24.3 Å². The number of Topliss-reactive ketones (excluding diaryl/α,β-unsaturated/α-hetero) is 4. The number of hydrogen-bond donors (Lipinski definition) is 1. The number of pyridine rings is 3. The molecule has 4 aliphatic heterocycles. The Hall–Kier alpha value is -8.79. The zero-order valence-electron chi connectivity index (χ0n) is 62.2. The molecule has 0 bridgehead atoms. The summed E-state index contributed by atoms with van der Waals surface area (Å²) in [6, 6.07) is 63.2. The van der Waals surface area contributed by atoms with Crippen LogP contribution in [0.2, 0.25) is 0 Å². The molecule has 542 valence electrons. The SMILES string of the molecule is Cc1ncccc1CC(=O)c1ccc2c(c1)CN(C)C[C@H]1CC(=O)CC[C@@]21Cc1ccccc1.Cc1ncccc1CC(=O)c1ccc2c(c1)CN(C)C[C@H]1CC3(CC[C@@]21Cc1ccccc1)OCCO3.Cc1ncccc1CC(=O)c1ccc2c(c1)CN(C)C[C@H]1C[C@@H](O)CC[C@@]21Cc1ccccc1. The number of aliphatic hydroxyl groups excluding tert-OH is 1. The third-order valence-corrected chi connectivity index (χ3v) is 24.8. The van der Waals surface area contributed by atoms with Crippen LogP contribution in [0.15, 0.2) is 201 Å². The largest absolute Gasteiger partial charge is 0.393 e. The molecule has 7 heterocycles. The molecule has 3 aromatic heterocycles. The van der Waals surface area contributed by atoms with E-state index in [0.29, 0.717) is 62.9 Å². The highest BCUT2D eigenvalue weighted by Crippen LogP contribution is 2.55. The first-order chi connectivity index (χ1) is 50.8. The highest BCUT2D eigenvalue weighted by molar-refractivity contribution is 5.99. The summed E-state index contributed by atoms with van der Waals surface area (Å²) in [5.74, 6) is 1.40. The van der Waals surface area contributed by atoms with Gasteiger partial charge >= 0.3 is 0 Å². The number of aromatic nitrogens is 3. The molecule has 6 aromatic carbocycles. The van der Waals surface area contributed by atoms with Crippen LogP contribution in [0.1, 0.15) is 173 Å². The number of carbonyl (C=O) groups is 4. The topological polar surface area (TPSA) is 155 Å². The summed E-state index contributed by atoms with van der Waals surface area (Å²) in [4.78, 5) is 72.5. The Kier molecular flexibility index (Phi) is 22.1. The van der Waals surface area contributed by atoms with Crippen LogP contribution >= 0.6 is 0 Å². The molecule has 3 saturated carbocycles. The normalized spacial score (nSPS) is 24.0. The molecule has 105 heavy (non-hydrogen) atoms. The lowest BCUT2D eigenvalue weighted by Crippen LogP contribution is -2.51. The van der Waals surface area contributed by atoms with E-state index in [1.807, 2.05) is 69.3 Å². The molecular formula is C92H102N6O7. The van der Waals surface area contributed by atoms with Gasteiger partial charge in [-0.25, -0.2) is 0 Å². The number of ketones is 4. The molecule has 9 aromatic rings. The van der Waals surface area contributed by atoms with Gasteiger partial charge in [-0.1, -0.05) is 146 Å². The highest BCUT2D eigenvalue weighted by Gasteiger charge is 2.55. The van der Waals surface area contributed by atoms with Crippen molar-refractivity contribution in [3.8, 4) is 0 Å². The maximum atomic E-state index is 13.4. The quantitative estimate of drug-likeness (QED) is 0.0969. The first-order valence-corrected chi connectivity index (χ1v) is 38.2. The summed E-state index contributed by atoms with van der Waals surface area (Å²) in [6.45, 7) is 12.5. The van der Waals surface area contributed by atoms with E-state index >= 15 is 0 Å². The highest BCUT2D eigenvalue weighted by atomic mass is 16.7. The van der Waals surface area contributed by atoms with Crippen molar-refractivity contribution >= 4 is 23.1 Å². The zero-order valence-corrected chi connectivity index (χ0v) is 62.2. The van der Waals surface area contributed by atoms with E-state index < -0.39 is 5.79 Å². The minimum atomic E-state index is -0.437. The molecule has 0 radical (unpaired) electrons. The second kappa shape index (κ2) is 31.7. The minimum absolute atomic E-state index is 0.0243. The monoisotopic (exact) mass is 1400 g/mol. The Morgan fingerprint density at radius 2 is 0.838 bits per heavy atom. The lowest BCUT2D eigenvalue weighted by atomic mass is 9.58. The number of hydrogen-bond acceptors (Lipinski definition) is 13. The van der Waals surface area contributed by atoms with E-state index in [1.165, 1.54) is 50.1 Å². The van der Waals surface area contributed by atoms with Gasteiger partial charge in [0.05, 0.1) is 19.3 Å². The molecule has 3 aliphatic carbocycles. The van der Waals surface area contributed by atoms with Gasteiger partial charge in [-0.3, -0.25) is 34.1 Å². The van der Waals surface area contributed by atoms with E-state index in [1.54, 1.807) is 18.6 Å². The summed E-state index contributed by atoms with van der Waals surface area (Å²) in [6.07, 6.45) is 16.7. The predicted octanol–water partition coefficient (Wildman–Crippen LogP) is 15.3. The Labute approximate surface area is 620 Å². The van der Waals surface area contributed by atoms with Gasteiger partial charge in [-0.15, -0.1) is 0 Å². The molecule has 7 aliphatic rings. The second-order valence-electron chi connectivity index (χ2n) is 31.8. The van der Waals surface area contributed by atoms with Crippen LogP contribution in [0.25, 0.3) is 0 Å². The van der Waals surface area contributed by atoms with E-state index in [2.05, 4.69) is 184 Å². The average molecular weight is 1400 g/mol. The molecule has 7 atom stereocenters. The third-order valence-electron chi connectivity index (χ3n) is 24.8. The minimum Gasteiger partial charge on any atom is -0.393 e. The summed E-state index contributed by atoms with van der Waals surface area (Å²) >= 11 is 0. The number of ether oxygens (including phenoxy) is 2. The van der Waals surface area contributed by atoms with Crippen molar-refractivity contribution in [3.05, 3.63) is 301 Å². The van der Waals surface area contributed by atoms with Crippen LogP contribution in [-0.2, 0) is 88.7 Å². The maximum absolute atomic E-state index is 13.4. The van der Waals surface area contributed by atoms with Gasteiger partial charge in [0, 0.05) is 153 Å². The Morgan fingerprint density at radius 3 is 1.25 bits per heavy atom. The number of fused-ring (bicyclic) bond motifs is 9. The van der Waals surface area contributed by atoms with Gasteiger partial charge in [0.15, 0.2) is 23.1 Å². The molecule has 13 nitrogen and oxygen atoms in total. The molecular weight excluding hydrogens is 1300 g/mol. The molecule has 0 amide bonds. The fourth-order valence-electron chi connectivity index (χ4n) is 19.4. The van der Waals surface area contributed by atoms with Gasteiger partial charge in [-0.2, -0.15) is 0 Å². The molecule has 1 spiro atoms. The van der Waals surface area contributed by atoms with Crippen molar-refractivity contribution in [3.63, 3.8) is 0 Å². The molecule has 1 saturated heterocycles. The van der Waals surface area contributed by atoms with Crippen LogP contribution in [-0.4, -0.2) is 124 Å². The number of rotatable bonds is 15. The van der Waals surface area contributed by atoms with Gasteiger partial charge in [0.2, 0.25) is 0 Å². The smallest absolute Gasteiger partial charge is 0.168 e. The number of carbonyl (C=O) groups excluding carboxylic acids is 4. The van der Waals surface area contributed by atoms with Gasteiger partial charge in [-0.05, 0) is 214 Å². The van der Waals surface area contributed by atoms with E-state index in [-0.39, 0.29) is 45.6 Å². The zero-order chi connectivity index (χ0) is 72.9. The Balaban J connectivity index is 0.000000133. The molecule has 13 heteroatoms. The van der Waals surface area contributed by atoms with Crippen molar-refractivity contribution in [2.45, 2.75) is 165 Å². The first-order valence-electron chi connectivity index (χ1n) is 38.2. The maximum Gasteiger partial charge on any atom is 0.168 e. The lowest BCUT2D eigenvalue weighted by molar-refractivity contribution is -0.199. The van der Waals surface area contributed by atoms with Crippen molar-refractivity contribution in [1.29, 1.82) is 0 Å². The predicted molar refractivity (Wildman–Crippen MR) is 412 cm³/mol. The van der Waals surface area contributed by atoms with E-state index in [4.69, 9.17) is 9.47 Å². The molecule has 1 N–H and O–H groups in total. The van der Waals surface area contributed by atoms with Crippen molar-refractivity contribution < 1.29 is 33.8 Å². The second-order valence-corrected chi connectivity index (χ2v) is 31.8. The number of aryl methyl sites for hydroxylation is 3. The van der Waals surface area contributed by atoms with Gasteiger partial charge in [0.25, 0.3) is 0 Å². The summed E-state index contributed by atoms with van der Waals surface area (Å²) in [7, 11) is 6.50. The number of nitrogens with zero attached hydrogens (tertiary/aromatic N) is 6. The van der Waals surface area contributed by atoms with Crippen LogP contribution in [0, 0.1) is 38.5 Å². The van der Waals surface area contributed by atoms with E-state index in [0.717, 1.165) is 154 Å². The summed E-state index contributed by atoms with van der Waals surface area (Å²) in [5.41, 5.74) is 19.7. The lowest BCUT2D eigenvalue weighted by Gasteiger charge is -2.50. The average Bonchev–Trinajstić information content (AvgIpc) is 1.70. The van der Waals surface area contributed by atoms with Crippen molar-refractivity contribution in [1.82, 2.24) is 29.7 Å². The standard InChI is InChI=1S/C32H36N2O3.C30H34N2O2.C30H32N2O2/c1-23-25(9-6-14-33-23)18-30(35)26-10-11-29-27(17-26)21-34(2)22-28-20-32(36-15-16-37-32)13-12-31(28,29)19-24-7-4-3-5-8-24;2*1-21-23(9-6-14-31-21)16-29(34)24-10-11-28-25(15-24)19-32(2)20-26-17-27(33)12-13-30(26,28)18-22-7-4-3-5-8-22/h3-11,14,17,28H,12-13,15-16,18-22H2,1-2H3;3-11,14-15,26-27,33H,12-13,16-20H2,1-2H3;3-11,14-15,26H,12-13,16-20H2,1-2H3/t28-,31+;26-,27+,30+;26-,30+/m111/s1. The third kappa shape index (κ3) is 16.0. The Bertz CT molecular complexity index is 4600. The van der Waals surface area contributed by atoms with Crippen molar-refractivity contribution in [2.75, 3.05) is 54.0 Å².